The molecule has 0 spiro atoms. The number of aliphatic imine (C=N–C) groups is 1. The molecular weight excluding hydrogens is 296 g/mol. The van der Waals surface area contributed by atoms with E-state index in [1.54, 1.807) is 7.05 Å². The van der Waals surface area contributed by atoms with Crippen LogP contribution in [0.4, 0.5) is 8.78 Å². The van der Waals surface area contributed by atoms with Gasteiger partial charge in [0.1, 0.15) is 11.6 Å². The molecule has 23 heavy (non-hydrogen) atoms. The van der Waals surface area contributed by atoms with Gasteiger partial charge in [-0.25, -0.2) is 8.78 Å². The average Bonchev–Trinajstić information content (AvgIpc) is 2.50. The van der Waals surface area contributed by atoms with Crippen molar-refractivity contribution in [2.45, 2.75) is 19.9 Å². The minimum Gasteiger partial charge on any atom is -0.356 e. The zero-order valence-corrected chi connectivity index (χ0v) is 13.4. The van der Waals surface area contributed by atoms with Crippen LogP contribution in [-0.4, -0.2) is 19.6 Å². The van der Waals surface area contributed by atoms with Crippen molar-refractivity contribution in [2.75, 3.05) is 13.6 Å². The number of nitrogens with one attached hydrogen (secondary N) is 2. The maximum Gasteiger partial charge on any atom is 0.191 e. The Hall–Kier alpha value is -2.43. The first-order valence-electron chi connectivity index (χ1n) is 7.52. The number of hydrogen-bond acceptors (Lipinski definition) is 1. The minimum absolute atomic E-state index is 0.514. The molecule has 2 aromatic rings. The maximum absolute atomic E-state index is 13.1. The maximum atomic E-state index is 13.1. The Morgan fingerprint density at radius 2 is 1.74 bits per heavy atom. The zero-order valence-electron chi connectivity index (χ0n) is 13.4. The quantitative estimate of drug-likeness (QED) is 0.656. The molecule has 5 heteroatoms. The van der Waals surface area contributed by atoms with Gasteiger partial charge in [0.25, 0.3) is 0 Å². The van der Waals surface area contributed by atoms with Crippen LogP contribution in [0.25, 0.3) is 0 Å². The molecule has 0 heterocycles. The van der Waals surface area contributed by atoms with E-state index in [1.807, 2.05) is 12.1 Å². The molecule has 0 aliphatic carbocycles. The highest BCUT2D eigenvalue weighted by molar-refractivity contribution is 5.79. The van der Waals surface area contributed by atoms with Crippen LogP contribution < -0.4 is 10.6 Å². The Morgan fingerprint density at radius 3 is 2.39 bits per heavy atom. The first-order valence-corrected chi connectivity index (χ1v) is 7.52. The topological polar surface area (TPSA) is 36.4 Å². The summed E-state index contributed by atoms with van der Waals surface area (Å²) in [5.41, 5.74) is 2.99. The molecule has 2 N–H and O–H groups in total. The summed E-state index contributed by atoms with van der Waals surface area (Å²) in [5.74, 6) is -0.452. The SMILES string of the molecule is CN=C(NCCc1cc(F)cc(F)c1)NCc1cccc(C)c1. The van der Waals surface area contributed by atoms with Gasteiger partial charge in [-0.05, 0) is 36.6 Å². The van der Waals surface area contributed by atoms with Crippen LogP contribution in [0, 0.1) is 18.6 Å². The van der Waals surface area contributed by atoms with Crippen molar-refractivity contribution < 1.29 is 8.78 Å². The van der Waals surface area contributed by atoms with Crippen LogP contribution in [-0.2, 0) is 13.0 Å². The van der Waals surface area contributed by atoms with Gasteiger partial charge in [-0.2, -0.15) is 0 Å². The van der Waals surface area contributed by atoms with Gasteiger partial charge in [-0.1, -0.05) is 29.8 Å². The van der Waals surface area contributed by atoms with Gasteiger partial charge >= 0.3 is 0 Å². The fourth-order valence-corrected chi connectivity index (χ4v) is 2.31. The van der Waals surface area contributed by atoms with Gasteiger partial charge in [0.2, 0.25) is 0 Å². The lowest BCUT2D eigenvalue weighted by Gasteiger charge is -2.12. The molecule has 0 aromatic heterocycles. The summed E-state index contributed by atoms with van der Waals surface area (Å²) in [6.45, 7) is 3.25. The zero-order chi connectivity index (χ0) is 16.7. The van der Waals surface area contributed by atoms with E-state index in [0.29, 0.717) is 31.0 Å². The molecule has 0 unspecified atom stereocenters. The second-order valence-electron chi connectivity index (χ2n) is 5.37. The lowest BCUT2D eigenvalue weighted by Crippen LogP contribution is -2.37. The summed E-state index contributed by atoms with van der Waals surface area (Å²) in [6, 6.07) is 11.8. The van der Waals surface area contributed by atoms with E-state index >= 15 is 0 Å². The summed E-state index contributed by atoms with van der Waals surface area (Å²) >= 11 is 0. The second kappa shape index (κ2) is 8.27. The molecule has 0 aliphatic rings. The van der Waals surface area contributed by atoms with E-state index in [1.165, 1.54) is 23.3 Å². The Labute approximate surface area is 135 Å². The molecule has 0 aliphatic heterocycles. The molecule has 2 aromatic carbocycles. The number of rotatable bonds is 5. The third-order valence-electron chi connectivity index (χ3n) is 3.39. The summed E-state index contributed by atoms with van der Waals surface area (Å²) in [5, 5.41) is 6.35. The lowest BCUT2D eigenvalue weighted by molar-refractivity contribution is 0.579. The van der Waals surface area contributed by atoms with Crippen molar-refractivity contribution in [1.82, 2.24) is 10.6 Å². The molecule has 0 radical (unpaired) electrons. The number of halogens is 2. The van der Waals surface area contributed by atoms with Crippen molar-refractivity contribution in [1.29, 1.82) is 0 Å². The summed E-state index contributed by atoms with van der Waals surface area (Å²) in [6.07, 6.45) is 0.514. The van der Waals surface area contributed by atoms with E-state index in [4.69, 9.17) is 0 Å². The lowest BCUT2D eigenvalue weighted by atomic mass is 10.1. The summed E-state index contributed by atoms with van der Waals surface area (Å²) in [4.78, 5) is 4.14. The van der Waals surface area contributed by atoms with Gasteiger partial charge in [0.15, 0.2) is 5.96 Å². The Balaban J connectivity index is 1.81. The monoisotopic (exact) mass is 317 g/mol. The fourth-order valence-electron chi connectivity index (χ4n) is 2.31. The van der Waals surface area contributed by atoms with E-state index < -0.39 is 11.6 Å². The van der Waals surface area contributed by atoms with Gasteiger partial charge in [0, 0.05) is 26.2 Å². The molecule has 0 atom stereocenters. The molecule has 122 valence electrons. The molecule has 0 bridgehead atoms. The number of guanidine groups is 1. The van der Waals surface area contributed by atoms with E-state index in [2.05, 4.69) is 34.7 Å². The minimum atomic E-state index is -0.554. The molecule has 0 fully saturated rings. The van der Waals surface area contributed by atoms with Gasteiger partial charge in [0.05, 0.1) is 0 Å². The Bertz CT molecular complexity index is 663. The normalized spacial score (nSPS) is 11.4. The molecule has 3 nitrogen and oxygen atoms in total. The molecular formula is C18H21F2N3. The molecule has 0 saturated heterocycles. The Kier molecular flexibility index (Phi) is 6.09. The number of benzene rings is 2. The van der Waals surface area contributed by atoms with Gasteiger partial charge in [-0.15, -0.1) is 0 Å². The van der Waals surface area contributed by atoms with Gasteiger partial charge < -0.3 is 10.6 Å². The van der Waals surface area contributed by atoms with E-state index in [0.717, 1.165) is 6.07 Å². The highest BCUT2D eigenvalue weighted by Crippen LogP contribution is 2.08. The van der Waals surface area contributed by atoms with Crippen molar-refractivity contribution in [3.63, 3.8) is 0 Å². The largest absolute Gasteiger partial charge is 0.356 e. The number of hydrogen-bond donors (Lipinski definition) is 2. The van der Waals surface area contributed by atoms with E-state index in [9.17, 15) is 8.78 Å². The third kappa shape index (κ3) is 5.70. The smallest absolute Gasteiger partial charge is 0.191 e. The fraction of sp³-hybridized carbons (Fsp3) is 0.278. The van der Waals surface area contributed by atoms with Crippen LogP contribution >= 0.6 is 0 Å². The molecule has 0 saturated carbocycles. The Morgan fingerprint density at radius 1 is 1.00 bits per heavy atom. The van der Waals surface area contributed by atoms with Crippen molar-refractivity contribution in [3.05, 3.63) is 70.8 Å². The van der Waals surface area contributed by atoms with E-state index in [-0.39, 0.29) is 0 Å². The van der Waals surface area contributed by atoms with Crippen LogP contribution in [0.1, 0.15) is 16.7 Å². The second-order valence-corrected chi connectivity index (χ2v) is 5.37. The van der Waals surface area contributed by atoms with Crippen molar-refractivity contribution in [3.8, 4) is 0 Å². The summed E-state index contributed by atoms with van der Waals surface area (Å²) in [7, 11) is 1.69. The van der Waals surface area contributed by atoms with Gasteiger partial charge in [-0.3, -0.25) is 4.99 Å². The molecule has 2 rings (SSSR count). The summed E-state index contributed by atoms with van der Waals surface area (Å²) < 4.78 is 26.2. The predicted octanol–water partition coefficient (Wildman–Crippen LogP) is 3.18. The number of aryl methyl sites for hydroxylation is 1. The van der Waals surface area contributed by atoms with Crippen LogP contribution in [0.15, 0.2) is 47.5 Å². The van der Waals surface area contributed by atoms with Crippen LogP contribution in [0.5, 0.6) is 0 Å². The predicted molar refractivity (Wildman–Crippen MR) is 89.4 cm³/mol. The van der Waals surface area contributed by atoms with Crippen molar-refractivity contribution >= 4 is 5.96 Å². The number of nitrogens with zero attached hydrogens (tertiary/aromatic N) is 1. The van der Waals surface area contributed by atoms with Crippen LogP contribution in [0.3, 0.4) is 0 Å². The third-order valence-corrected chi connectivity index (χ3v) is 3.39. The first-order chi connectivity index (χ1) is 11.1. The average molecular weight is 317 g/mol. The highest BCUT2D eigenvalue weighted by Gasteiger charge is 2.02. The van der Waals surface area contributed by atoms with Crippen LogP contribution in [0.2, 0.25) is 0 Å². The standard InChI is InChI=1S/C18H21F2N3/c1-13-4-3-5-15(8-13)12-23-18(21-2)22-7-6-14-9-16(19)11-17(20)10-14/h3-5,8-11H,6-7,12H2,1-2H3,(H2,21,22,23). The molecule has 0 amide bonds. The first kappa shape index (κ1) is 16.9. The highest BCUT2D eigenvalue weighted by atomic mass is 19.1. The van der Waals surface area contributed by atoms with Crippen molar-refractivity contribution in [2.24, 2.45) is 4.99 Å².